The maximum absolute atomic E-state index is 12.2. The standard InChI is InChI=1S/C11H11BrN4O4S/c1-15-7-8(5-13-15)6-14-21(19,20)11-4-9(12)2-3-10(11)16(17)18/h2-5,7,14H,6H2,1H3. The molecule has 112 valence electrons. The van der Waals surface area contributed by atoms with Gasteiger partial charge in [-0.25, -0.2) is 13.1 Å². The Bertz CT molecular complexity index is 787. The molecule has 0 spiro atoms. The molecule has 1 aromatic heterocycles. The average molecular weight is 375 g/mol. The van der Waals surface area contributed by atoms with Crippen molar-refractivity contribution >= 4 is 31.6 Å². The SMILES string of the molecule is Cn1cc(CNS(=O)(=O)c2cc(Br)ccc2[N+](=O)[O-])cn1. The Kier molecular flexibility index (Phi) is 4.40. The molecule has 0 aliphatic carbocycles. The van der Waals surface area contributed by atoms with Gasteiger partial charge in [0.1, 0.15) is 0 Å². The van der Waals surface area contributed by atoms with Gasteiger partial charge in [0.05, 0.1) is 11.1 Å². The summed E-state index contributed by atoms with van der Waals surface area (Å²) >= 11 is 3.11. The van der Waals surface area contributed by atoms with Crippen LogP contribution < -0.4 is 4.72 Å². The highest BCUT2D eigenvalue weighted by molar-refractivity contribution is 9.10. The third kappa shape index (κ3) is 3.65. The highest BCUT2D eigenvalue weighted by Gasteiger charge is 2.25. The zero-order chi connectivity index (χ0) is 15.6. The number of hydrogen-bond donors (Lipinski definition) is 1. The summed E-state index contributed by atoms with van der Waals surface area (Å²) in [4.78, 5) is 9.83. The van der Waals surface area contributed by atoms with Crippen molar-refractivity contribution in [3.05, 3.63) is 50.7 Å². The topological polar surface area (TPSA) is 107 Å². The molecule has 1 aromatic carbocycles. The number of halogens is 1. The van der Waals surface area contributed by atoms with Gasteiger partial charge < -0.3 is 0 Å². The summed E-state index contributed by atoms with van der Waals surface area (Å²) < 4.78 is 28.7. The van der Waals surface area contributed by atoms with Gasteiger partial charge in [0, 0.05) is 35.9 Å². The van der Waals surface area contributed by atoms with Gasteiger partial charge in [-0.1, -0.05) is 15.9 Å². The first-order valence-electron chi connectivity index (χ1n) is 5.71. The fraction of sp³-hybridized carbons (Fsp3) is 0.182. The molecule has 0 fully saturated rings. The monoisotopic (exact) mass is 374 g/mol. The number of sulfonamides is 1. The highest BCUT2D eigenvalue weighted by Crippen LogP contribution is 2.27. The molecule has 1 heterocycles. The van der Waals surface area contributed by atoms with Gasteiger partial charge in [-0.3, -0.25) is 14.8 Å². The van der Waals surface area contributed by atoms with Crippen molar-refractivity contribution in [2.24, 2.45) is 7.05 Å². The summed E-state index contributed by atoms with van der Waals surface area (Å²) in [6, 6.07) is 3.75. The van der Waals surface area contributed by atoms with E-state index in [1.54, 1.807) is 13.2 Å². The Balaban J connectivity index is 2.31. The first kappa shape index (κ1) is 15.6. The lowest BCUT2D eigenvalue weighted by molar-refractivity contribution is -0.387. The summed E-state index contributed by atoms with van der Waals surface area (Å²) in [5.74, 6) is 0. The van der Waals surface area contributed by atoms with Crippen molar-refractivity contribution < 1.29 is 13.3 Å². The van der Waals surface area contributed by atoms with Gasteiger partial charge in [-0.05, 0) is 12.1 Å². The largest absolute Gasteiger partial charge is 0.289 e. The molecule has 0 saturated heterocycles. The Morgan fingerprint density at radius 1 is 1.48 bits per heavy atom. The highest BCUT2D eigenvalue weighted by atomic mass is 79.9. The van der Waals surface area contributed by atoms with E-state index in [0.717, 1.165) is 6.07 Å². The normalized spacial score (nSPS) is 11.5. The maximum atomic E-state index is 12.2. The van der Waals surface area contributed by atoms with Gasteiger partial charge in [-0.15, -0.1) is 0 Å². The molecule has 0 atom stereocenters. The first-order chi connectivity index (χ1) is 9.79. The van der Waals surface area contributed by atoms with Crippen LogP contribution in [0.1, 0.15) is 5.56 Å². The van der Waals surface area contributed by atoms with Gasteiger partial charge in [-0.2, -0.15) is 5.10 Å². The van der Waals surface area contributed by atoms with Gasteiger partial charge >= 0.3 is 0 Å². The molecule has 0 bridgehead atoms. The third-order valence-electron chi connectivity index (χ3n) is 2.63. The molecule has 0 unspecified atom stereocenters. The number of aromatic nitrogens is 2. The van der Waals surface area contributed by atoms with Crippen LogP contribution in [0, 0.1) is 10.1 Å². The Morgan fingerprint density at radius 3 is 2.76 bits per heavy atom. The number of aryl methyl sites for hydroxylation is 1. The Labute approximate surface area is 129 Å². The molecule has 0 aliphatic rings. The Morgan fingerprint density at radius 2 is 2.19 bits per heavy atom. The summed E-state index contributed by atoms with van der Waals surface area (Å²) in [5.41, 5.74) is 0.176. The van der Waals surface area contributed by atoms with Crippen molar-refractivity contribution in [2.45, 2.75) is 11.4 Å². The van der Waals surface area contributed by atoms with Crippen LogP contribution in [0.2, 0.25) is 0 Å². The van der Waals surface area contributed by atoms with E-state index >= 15 is 0 Å². The van der Waals surface area contributed by atoms with E-state index < -0.39 is 20.6 Å². The van der Waals surface area contributed by atoms with E-state index in [1.807, 2.05) is 0 Å². The van der Waals surface area contributed by atoms with Crippen LogP contribution in [0.4, 0.5) is 5.69 Å². The molecular weight excluding hydrogens is 364 g/mol. The summed E-state index contributed by atoms with van der Waals surface area (Å²) in [7, 11) is -2.30. The van der Waals surface area contributed by atoms with Crippen LogP contribution in [-0.4, -0.2) is 23.1 Å². The minimum atomic E-state index is -4.01. The predicted octanol–water partition coefficient (Wildman–Crippen LogP) is 1.57. The molecule has 0 radical (unpaired) electrons. The maximum Gasteiger partial charge on any atom is 0.289 e. The summed E-state index contributed by atoms with van der Waals surface area (Å²) in [5, 5.41) is 14.9. The van der Waals surface area contributed by atoms with E-state index in [1.165, 1.54) is 23.0 Å². The van der Waals surface area contributed by atoms with E-state index in [4.69, 9.17) is 0 Å². The second kappa shape index (κ2) is 5.92. The average Bonchev–Trinajstić information content (AvgIpc) is 2.82. The minimum absolute atomic E-state index is 0.000158. The molecular formula is C11H11BrN4O4S. The molecule has 8 nitrogen and oxygen atoms in total. The summed E-state index contributed by atoms with van der Waals surface area (Å²) in [6.45, 7) is -0.000158. The lowest BCUT2D eigenvalue weighted by Crippen LogP contribution is -2.24. The lowest BCUT2D eigenvalue weighted by Gasteiger charge is -2.06. The zero-order valence-electron chi connectivity index (χ0n) is 10.9. The van der Waals surface area contributed by atoms with Crippen molar-refractivity contribution in [2.75, 3.05) is 0 Å². The van der Waals surface area contributed by atoms with Gasteiger partial charge in [0.25, 0.3) is 5.69 Å². The third-order valence-corrected chi connectivity index (χ3v) is 4.56. The zero-order valence-corrected chi connectivity index (χ0v) is 13.3. The fourth-order valence-electron chi connectivity index (χ4n) is 1.67. The quantitative estimate of drug-likeness (QED) is 0.631. The number of rotatable bonds is 5. The van der Waals surface area contributed by atoms with Crippen molar-refractivity contribution in [3.63, 3.8) is 0 Å². The molecule has 0 aliphatic heterocycles. The smallest absolute Gasteiger partial charge is 0.275 e. The number of nitrogens with one attached hydrogen (secondary N) is 1. The van der Waals surface area contributed by atoms with E-state index in [2.05, 4.69) is 25.8 Å². The van der Waals surface area contributed by atoms with Crippen LogP contribution in [0.5, 0.6) is 0 Å². The number of nitro groups is 1. The Hall–Kier alpha value is -1.78. The lowest BCUT2D eigenvalue weighted by atomic mass is 10.3. The molecule has 1 N–H and O–H groups in total. The number of nitro benzene ring substituents is 1. The predicted molar refractivity (Wildman–Crippen MR) is 78.0 cm³/mol. The summed E-state index contributed by atoms with van der Waals surface area (Å²) in [6.07, 6.45) is 3.16. The van der Waals surface area contributed by atoms with E-state index in [-0.39, 0.29) is 11.4 Å². The van der Waals surface area contributed by atoms with Crippen LogP contribution in [0.25, 0.3) is 0 Å². The number of nitrogens with zero attached hydrogens (tertiary/aromatic N) is 3. The second-order valence-electron chi connectivity index (χ2n) is 4.22. The van der Waals surface area contributed by atoms with Crippen molar-refractivity contribution in [1.29, 1.82) is 0 Å². The molecule has 21 heavy (non-hydrogen) atoms. The van der Waals surface area contributed by atoms with Gasteiger partial charge in [0.15, 0.2) is 4.90 Å². The van der Waals surface area contributed by atoms with Crippen molar-refractivity contribution in [1.82, 2.24) is 14.5 Å². The molecule has 10 heteroatoms. The van der Waals surface area contributed by atoms with Crippen molar-refractivity contribution in [3.8, 4) is 0 Å². The number of hydrogen-bond acceptors (Lipinski definition) is 5. The minimum Gasteiger partial charge on any atom is -0.275 e. The number of benzene rings is 1. The molecule has 2 aromatic rings. The van der Waals surface area contributed by atoms with E-state index in [0.29, 0.717) is 10.0 Å². The van der Waals surface area contributed by atoms with Gasteiger partial charge in [0.2, 0.25) is 10.0 Å². The second-order valence-corrected chi connectivity index (χ2v) is 6.87. The van der Waals surface area contributed by atoms with Crippen LogP contribution >= 0.6 is 15.9 Å². The molecule has 2 rings (SSSR count). The van der Waals surface area contributed by atoms with Crippen LogP contribution in [0.3, 0.4) is 0 Å². The van der Waals surface area contributed by atoms with Crippen LogP contribution in [0.15, 0.2) is 40.0 Å². The molecule has 0 saturated carbocycles. The fourth-order valence-corrected chi connectivity index (χ4v) is 3.40. The molecule has 0 amide bonds. The van der Waals surface area contributed by atoms with Crippen LogP contribution in [-0.2, 0) is 23.6 Å². The first-order valence-corrected chi connectivity index (χ1v) is 7.98. The van der Waals surface area contributed by atoms with E-state index in [9.17, 15) is 18.5 Å².